The SMILES string of the molecule is Cc1ccc(C(CNC(=O)c2ccc3cc[nH]c3c2)N2CCOCC2)o1. The summed E-state index contributed by atoms with van der Waals surface area (Å²) < 4.78 is 11.3. The molecule has 2 aromatic heterocycles. The molecule has 3 aromatic rings. The lowest BCUT2D eigenvalue weighted by atomic mass is 10.1. The van der Waals surface area contributed by atoms with Gasteiger partial charge in [0.2, 0.25) is 0 Å². The van der Waals surface area contributed by atoms with Crippen LogP contribution in [-0.2, 0) is 4.74 Å². The summed E-state index contributed by atoms with van der Waals surface area (Å²) in [6.07, 6.45) is 1.88. The molecule has 3 heterocycles. The van der Waals surface area contributed by atoms with E-state index in [1.807, 2.05) is 49.5 Å². The average Bonchev–Trinajstić information content (AvgIpc) is 3.31. The van der Waals surface area contributed by atoms with E-state index in [0.29, 0.717) is 25.3 Å². The van der Waals surface area contributed by atoms with Crippen molar-refractivity contribution in [2.75, 3.05) is 32.8 Å². The van der Waals surface area contributed by atoms with Gasteiger partial charge in [-0.15, -0.1) is 0 Å². The van der Waals surface area contributed by atoms with E-state index in [4.69, 9.17) is 9.15 Å². The van der Waals surface area contributed by atoms with Gasteiger partial charge in [-0.25, -0.2) is 0 Å². The van der Waals surface area contributed by atoms with Crippen LogP contribution in [0.5, 0.6) is 0 Å². The Morgan fingerprint density at radius 1 is 1.23 bits per heavy atom. The van der Waals surface area contributed by atoms with E-state index in [2.05, 4.69) is 15.2 Å². The van der Waals surface area contributed by atoms with Crippen molar-refractivity contribution in [1.82, 2.24) is 15.2 Å². The molecule has 6 heteroatoms. The molecule has 6 nitrogen and oxygen atoms in total. The fraction of sp³-hybridized carbons (Fsp3) is 0.350. The number of nitrogens with zero attached hydrogens (tertiary/aromatic N) is 1. The number of carbonyl (C=O) groups is 1. The minimum atomic E-state index is -0.0805. The molecule has 1 atom stereocenters. The summed E-state index contributed by atoms with van der Waals surface area (Å²) in [5.41, 5.74) is 1.61. The first kappa shape index (κ1) is 16.9. The van der Waals surface area contributed by atoms with Gasteiger partial charge < -0.3 is 19.5 Å². The Morgan fingerprint density at radius 2 is 2.08 bits per heavy atom. The van der Waals surface area contributed by atoms with Crippen LogP contribution < -0.4 is 5.32 Å². The smallest absolute Gasteiger partial charge is 0.251 e. The van der Waals surface area contributed by atoms with E-state index in [1.54, 1.807) is 0 Å². The van der Waals surface area contributed by atoms with Crippen LogP contribution in [0.15, 0.2) is 47.0 Å². The number of hydrogen-bond acceptors (Lipinski definition) is 4. The number of morpholine rings is 1. The molecule has 0 saturated carbocycles. The Labute approximate surface area is 152 Å². The first-order valence-corrected chi connectivity index (χ1v) is 8.94. The standard InChI is InChI=1S/C20H23N3O3/c1-14-2-5-19(26-14)18(23-8-10-25-11-9-23)13-22-20(24)16-4-3-15-6-7-21-17(15)12-16/h2-7,12,18,21H,8-11,13H2,1H3,(H,22,24). The molecule has 0 radical (unpaired) electrons. The fourth-order valence-corrected chi connectivity index (χ4v) is 3.41. The van der Waals surface area contributed by atoms with Crippen LogP contribution in [0.4, 0.5) is 0 Å². The van der Waals surface area contributed by atoms with Gasteiger partial charge in [-0.1, -0.05) is 6.07 Å². The highest BCUT2D eigenvalue weighted by atomic mass is 16.5. The van der Waals surface area contributed by atoms with Crippen molar-refractivity contribution in [3.05, 3.63) is 59.7 Å². The Kier molecular flexibility index (Phi) is 4.77. The molecule has 26 heavy (non-hydrogen) atoms. The van der Waals surface area contributed by atoms with Crippen molar-refractivity contribution in [3.63, 3.8) is 0 Å². The van der Waals surface area contributed by atoms with Crippen molar-refractivity contribution in [3.8, 4) is 0 Å². The van der Waals surface area contributed by atoms with Crippen LogP contribution in [0.25, 0.3) is 10.9 Å². The third-order valence-electron chi connectivity index (χ3n) is 4.85. The molecular formula is C20H23N3O3. The number of rotatable bonds is 5. The number of nitrogens with one attached hydrogen (secondary N) is 2. The number of hydrogen-bond donors (Lipinski definition) is 2. The number of benzene rings is 1. The second kappa shape index (κ2) is 7.35. The topological polar surface area (TPSA) is 70.5 Å². The highest BCUT2D eigenvalue weighted by molar-refractivity contribution is 5.97. The number of H-pyrrole nitrogens is 1. The highest BCUT2D eigenvalue weighted by Gasteiger charge is 2.25. The lowest BCUT2D eigenvalue weighted by Crippen LogP contribution is -2.43. The minimum Gasteiger partial charge on any atom is -0.465 e. The van der Waals surface area contributed by atoms with Gasteiger partial charge in [0.25, 0.3) is 5.91 Å². The third kappa shape index (κ3) is 3.52. The van der Waals surface area contributed by atoms with Crippen molar-refractivity contribution in [2.45, 2.75) is 13.0 Å². The second-order valence-electron chi connectivity index (χ2n) is 6.60. The van der Waals surface area contributed by atoms with E-state index in [9.17, 15) is 4.79 Å². The van der Waals surface area contributed by atoms with Gasteiger partial charge in [0.1, 0.15) is 11.5 Å². The molecule has 1 unspecified atom stereocenters. The first-order chi connectivity index (χ1) is 12.7. The van der Waals surface area contributed by atoms with E-state index in [-0.39, 0.29) is 11.9 Å². The van der Waals surface area contributed by atoms with Crippen LogP contribution in [0.3, 0.4) is 0 Å². The number of amides is 1. The van der Waals surface area contributed by atoms with Crippen LogP contribution in [0.1, 0.15) is 27.9 Å². The molecule has 1 aromatic carbocycles. The molecule has 0 spiro atoms. The van der Waals surface area contributed by atoms with E-state index in [1.165, 1.54) is 0 Å². The average molecular weight is 353 g/mol. The lowest BCUT2D eigenvalue weighted by molar-refractivity contribution is 0.0117. The molecule has 2 N–H and O–H groups in total. The van der Waals surface area contributed by atoms with Crippen LogP contribution in [-0.4, -0.2) is 48.6 Å². The Balaban J connectivity index is 1.48. The number of aromatic nitrogens is 1. The van der Waals surface area contributed by atoms with E-state index in [0.717, 1.165) is 35.5 Å². The zero-order valence-electron chi connectivity index (χ0n) is 14.8. The van der Waals surface area contributed by atoms with Gasteiger partial charge in [-0.2, -0.15) is 0 Å². The molecule has 1 aliphatic rings. The van der Waals surface area contributed by atoms with Gasteiger partial charge in [0.15, 0.2) is 0 Å². The zero-order chi connectivity index (χ0) is 17.9. The summed E-state index contributed by atoms with van der Waals surface area (Å²) in [7, 11) is 0. The number of carbonyl (C=O) groups excluding carboxylic acids is 1. The molecule has 4 rings (SSSR count). The summed E-state index contributed by atoms with van der Waals surface area (Å²) in [4.78, 5) is 18.1. The maximum atomic E-state index is 12.6. The molecule has 1 aliphatic heterocycles. The molecule has 136 valence electrons. The van der Waals surface area contributed by atoms with Crippen LogP contribution in [0, 0.1) is 6.92 Å². The second-order valence-corrected chi connectivity index (χ2v) is 6.60. The first-order valence-electron chi connectivity index (χ1n) is 8.94. The molecule has 0 aliphatic carbocycles. The monoisotopic (exact) mass is 353 g/mol. The van der Waals surface area contributed by atoms with Crippen LogP contribution >= 0.6 is 0 Å². The Morgan fingerprint density at radius 3 is 2.85 bits per heavy atom. The summed E-state index contributed by atoms with van der Waals surface area (Å²) in [6.45, 7) is 5.49. The Hall–Kier alpha value is -2.57. The van der Waals surface area contributed by atoms with Gasteiger partial charge in [-0.05, 0) is 42.6 Å². The van der Waals surface area contributed by atoms with Gasteiger partial charge in [-0.3, -0.25) is 9.69 Å². The van der Waals surface area contributed by atoms with Crippen molar-refractivity contribution < 1.29 is 13.9 Å². The number of aryl methyl sites for hydroxylation is 1. The summed E-state index contributed by atoms with van der Waals surface area (Å²) in [5, 5.41) is 4.16. The highest BCUT2D eigenvalue weighted by Crippen LogP contribution is 2.23. The summed E-state index contributed by atoms with van der Waals surface area (Å²) in [5.74, 6) is 1.68. The summed E-state index contributed by atoms with van der Waals surface area (Å²) >= 11 is 0. The van der Waals surface area contributed by atoms with Gasteiger partial charge in [0.05, 0.1) is 19.3 Å². The fourth-order valence-electron chi connectivity index (χ4n) is 3.41. The minimum absolute atomic E-state index is 0.00534. The third-order valence-corrected chi connectivity index (χ3v) is 4.85. The van der Waals surface area contributed by atoms with Gasteiger partial charge >= 0.3 is 0 Å². The molecule has 0 bridgehead atoms. The van der Waals surface area contributed by atoms with Crippen molar-refractivity contribution in [1.29, 1.82) is 0 Å². The van der Waals surface area contributed by atoms with Crippen molar-refractivity contribution >= 4 is 16.8 Å². The number of ether oxygens (including phenoxy) is 1. The molecule has 1 amide bonds. The zero-order valence-corrected chi connectivity index (χ0v) is 14.8. The molecular weight excluding hydrogens is 330 g/mol. The number of furan rings is 1. The predicted molar refractivity (Wildman–Crippen MR) is 99.2 cm³/mol. The molecule has 1 saturated heterocycles. The maximum Gasteiger partial charge on any atom is 0.251 e. The number of fused-ring (bicyclic) bond motifs is 1. The van der Waals surface area contributed by atoms with E-state index < -0.39 is 0 Å². The Bertz CT molecular complexity index is 892. The van der Waals surface area contributed by atoms with Crippen molar-refractivity contribution in [2.24, 2.45) is 0 Å². The largest absolute Gasteiger partial charge is 0.465 e. The maximum absolute atomic E-state index is 12.6. The predicted octanol–water partition coefficient (Wildman–Crippen LogP) is 2.87. The normalized spacial score (nSPS) is 16.7. The quantitative estimate of drug-likeness (QED) is 0.740. The van der Waals surface area contributed by atoms with Crippen LogP contribution in [0.2, 0.25) is 0 Å². The number of aromatic amines is 1. The lowest BCUT2D eigenvalue weighted by Gasteiger charge is -2.33. The van der Waals surface area contributed by atoms with E-state index >= 15 is 0 Å². The summed E-state index contributed by atoms with van der Waals surface area (Å²) in [6, 6.07) is 11.6. The molecule has 1 fully saturated rings. The van der Waals surface area contributed by atoms with Gasteiger partial charge in [0, 0.05) is 36.9 Å².